The number of hydrogen-bond donors (Lipinski definition) is 1. The van der Waals surface area contributed by atoms with Crippen molar-refractivity contribution in [1.29, 1.82) is 0 Å². The fraction of sp³-hybridized carbons (Fsp3) is 0.545. The zero-order valence-corrected chi connectivity index (χ0v) is 13.1. The number of carbonyl (C=O) groups excluding carboxylic acids is 1. The van der Waals surface area contributed by atoms with Crippen LogP contribution in [0, 0.1) is 0 Å². The molecular formula is C11H18N4O3S2. The first-order chi connectivity index (χ1) is 9.34. The minimum absolute atomic E-state index is 0.126. The maximum absolute atomic E-state index is 12.2. The average molecular weight is 318 g/mol. The SMILES string of the molecule is CN(C)S(=O)(=O)N1CCN(C(=O)c2sccc2N)CC1. The zero-order chi connectivity index (χ0) is 14.9. The molecule has 0 unspecified atom stereocenters. The highest BCUT2D eigenvalue weighted by Crippen LogP contribution is 2.22. The molecule has 112 valence electrons. The van der Waals surface area contributed by atoms with Gasteiger partial charge in [0.05, 0.1) is 5.69 Å². The van der Waals surface area contributed by atoms with Crippen LogP contribution in [0.25, 0.3) is 0 Å². The Labute approximate surface area is 122 Å². The molecule has 1 aromatic heterocycles. The molecule has 2 heterocycles. The van der Waals surface area contributed by atoms with Gasteiger partial charge in [0.25, 0.3) is 16.1 Å². The van der Waals surface area contributed by atoms with E-state index < -0.39 is 10.2 Å². The lowest BCUT2D eigenvalue weighted by Crippen LogP contribution is -2.53. The Kier molecular flexibility index (Phi) is 4.33. The Morgan fingerprint density at radius 1 is 1.30 bits per heavy atom. The summed E-state index contributed by atoms with van der Waals surface area (Å²) in [6, 6.07) is 1.70. The third kappa shape index (κ3) is 2.80. The lowest BCUT2D eigenvalue weighted by atomic mass is 10.3. The molecule has 1 saturated heterocycles. The molecule has 1 fully saturated rings. The summed E-state index contributed by atoms with van der Waals surface area (Å²) in [5.41, 5.74) is 6.21. The van der Waals surface area contributed by atoms with Crippen molar-refractivity contribution in [2.45, 2.75) is 0 Å². The lowest BCUT2D eigenvalue weighted by molar-refractivity contribution is 0.0701. The van der Waals surface area contributed by atoms with Crippen molar-refractivity contribution in [2.75, 3.05) is 46.0 Å². The lowest BCUT2D eigenvalue weighted by Gasteiger charge is -2.35. The number of rotatable bonds is 3. The van der Waals surface area contributed by atoms with Gasteiger partial charge in [-0.3, -0.25) is 4.79 Å². The van der Waals surface area contributed by atoms with Gasteiger partial charge in [-0.2, -0.15) is 17.0 Å². The Balaban J connectivity index is 2.02. The van der Waals surface area contributed by atoms with Crippen molar-refractivity contribution < 1.29 is 13.2 Å². The van der Waals surface area contributed by atoms with Gasteiger partial charge in [-0.1, -0.05) is 0 Å². The second kappa shape index (κ2) is 5.68. The summed E-state index contributed by atoms with van der Waals surface area (Å²) in [5.74, 6) is -0.126. The van der Waals surface area contributed by atoms with Crippen molar-refractivity contribution in [3.05, 3.63) is 16.3 Å². The van der Waals surface area contributed by atoms with Crippen LogP contribution in [0.5, 0.6) is 0 Å². The molecule has 1 aromatic rings. The van der Waals surface area contributed by atoms with Crippen LogP contribution in [0.3, 0.4) is 0 Å². The summed E-state index contributed by atoms with van der Waals surface area (Å²) in [6.45, 7) is 1.36. The summed E-state index contributed by atoms with van der Waals surface area (Å²) in [7, 11) is -0.406. The third-order valence-corrected chi connectivity index (χ3v) is 6.06. The summed E-state index contributed by atoms with van der Waals surface area (Å²) >= 11 is 1.31. The molecule has 2 N–H and O–H groups in total. The van der Waals surface area contributed by atoms with E-state index in [0.717, 1.165) is 0 Å². The van der Waals surface area contributed by atoms with Crippen molar-refractivity contribution in [1.82, 2.24) is 13.5 Å². The van der Waals surface area contributed by atoms with Gasteiger partial charge in [0.15, 0.2) is 0 Å². The number of amides is 1. The predicted molar refractivity (Wildman–Crippen MR) is 78.8 cm³/mol. The van der Waals surface area contributed by atoms with Gasteiger partial charge < -0.3 is 10.6 Å². The molecule has 0 aliphatic carbocycles. The van der Waals surface area contributed by atoms with E-state index >= 15 is 0 Å². The van der Waals surface area contributed by atoms with Crippen LogP contribution in [0.15, 0.2) is 11.4 Å². The number of nitrogens with zero attached hydrogens (tertiary/aromatic N) is 3. The van der Waals surface area contributed by atoms with Crippen LogP contribution < -0.4 is 5.73 Å². The normalized spacial score (nSPS) is 17.6. The van der Waals surface area contributed by atoms with Gasteiger partial charge in [-0.15, -0.1) is 11.3 Å². The quantitative estimate of drug-likeness (QED) is 0.843. The number of hydrogen-bond acceptors (Lipinski definition) is 5. The van der Waals surface area contributed by atoms with E-state index in [1.54, 1.807) is 16.3 Å². The summed E-state index contributed by atoms with van der Waals surface area (Å²) in [6.07, 6.45) is 0. The third-order valence-electron chi connectivity index (χ3n) is 3.20. The molecule has 2 rings (SSSR count). The van der Waals surface area contributed by atoms with E-state index in [4.69, 9.17) is 5.73 Å². The minimum atomic E-state index is -3.40. The average Bonchev–Trinajstić information content (AvgIpc) is 2.84. The van der Waals surface area contributed by atoms with Crippen LogP contribution >= 0.6 is 11.3 Å². The highest BCUT2D eigenvalue weighted by molar-refractivity contribution is 7.86. The van der Waals surface area contributed by atoms with Crippen molar-refractivity contribution in [2.24, 2.45) is 0 Å². The number of nitrogens with two attached hydrogens (primary N) is 1. The number of anilines is 1. The highest BCUT2D eigenvalue weighted by atomic mass is 32.2. The molecule has 0 aromatic carbocycles. The smallest absolute Gasteiger partial charge is 0.281 e. The summed E-state index contributed by atoms with van der Waals surface area (Å²) in [5, 5.41) is 1.77. The Morgan fingerprint density at radius 2 is 1.90 bits per heavy atom. The largest absolute Gasteiger partial charge is 0.397 e. The van der Waals surface area contributed by atoms with Gasteiger partial charge in [0.1, 0.15) is 4.88 Å². The van der Waals surface area contributed by atoms with E-state index in [0.29, 0.717) is 36.7 Å². The van der Waals surface area contributed by atoms with Gasteiger partial charge in [0, 0.05) is 40.3 Å². The topological polar surface area (TPSA) is 87.0 Å². The molecule has 0 atom stereocenters. The predicted octanol–water partition coefficient (Wildman–Crippen LogP) is -0.105. The van der Waals surface area contributed by atoms with Crippen LogP contribution in [-0.4, -0.2) is 68.1 Å². The standard InChI is InChI=1S/C11H18N4O3S2/c1-13(2)20(17,18)15-6-4-14(5-7-15)11(16)10-9(12)3-8-19-10/h3,8H,4-7,12H2,1-2H3. The van der Waals surface area contributed by atoms with Crippen LogP contribution in [0.4, 0.5) is 5.69 Å². The number of piperazine rings is 1. The molecule has 0 bridgehead atoms. The van der Waals surface area contributed by atoms with Crippen molar-refractivity contribution in [3.63, 3.8) is 0 Å². The summed E-state index contributed by atoms with van der Waals surface area (Å²) < 4.78 is 26.5. The van der Waals surface area contributed by atoms with Crippen LogP contribution in [0.2, 0.25) is 0 Å². The number of carbonyl (C=O) groups is 1. The van der Waals surface area contributed by atoms with Gasteiger partial charge in [0.2, 0.25) is 0 Å². The molecule has 0 radical (unpaired) electrons. The van der Waals surface area contributed by atoms with E-state index in [9.17, 15) is 13.2 Å². The fourth-order valence-electron chi connectivity index (χ4n) is 1.99. The molecule has 7 nitrogen and oxygen atoms in total. The summed E-state index contributed by atoms with van der Waals surface area (Å²) in [4.78, 5) is 14.4. The molecule has 1 aliphatic rings. The van der Waals surface area contributed by atoms with Gasteiger partial charge >= 0.3 is 0 Å². The first-order valence-electron chi connectivity index (χ1n) is 6.14. The Morgan fingerprint density at radius 3 is 2.35 bits per heavy atom. The van der Waals surface area contributed by atoms with Crippen molar-refractivity contribution in [3.8, 4) is 0 Å². The van der Waals surface area contributed by atoms with Gasteiger partial charge in [-0.05, 0) is 11.4 Å². The van der Waals surface area contributed by atoms with Crippen LogP contribution in [-0.2, 0) is 10.2 Å². The Bertz CT molecular complexity index is 589. The van der Waals surface area contributed by atoms with E-state index in [1.165, 1.54) is 34.0 Å². The number of thiophene rings is 1. The second-order valence-electron chi connectivity index (χ2n) is 4.69. The van der Waals surface area contributed by atoms with Crippen molar-refractivity contribution >= 4 is 33.1 Å². The molecule has 0 spiro atoms. The monoisotopic (exact) mass is 318 g/mol. The highest BCUT2D eigenvalue weighted by Gasteiger charge is 2.31. The first-order valence-corrected chi connectivity index (χ1v) is 8.41. The van der Waals surface area contributed by atoms with E-state index in [1.807, 2.05) is 0 Å². The molecule has 1 aliphatic heterocycles. The maximum Gasteiger partial charge on any atom is 0.281 e. The molecule has 9 heteroatoms. The van der Waals surface area contributed by atoms with E-state index in [-0.39, 0.29) is 5.91 Å². The van der Waals surface area contributed by atoms with Crippen LogP contribution in [0.1, 0.15) is 9.67 Å². The molecule has 20 heavy (non-hydrogen) atoms. The first kappa shape index (κ1) is 15.2. The fourth-order valence-corrected chi connectivity index (χ4v) is 3.86. The van der Waals surface area contributed by atoms with E-state index in [2.05, 4.69) is 0 Å². The maximum atomic E-state index is 12.2. The second-order valence-corrected chi connectivity index (χ2v) is 7.74. The Hall–Kier alpha value is -1.16. The van der Waals surface area contributed by atoms with Gasteiger partial charge in [-0.25, -0.2) is 0 Å². The zero-order valence-electron chi connectivity index (χ0n) is 11.4. The minimum Gasteiger partial charge on any atom is -0.397 e. The molecule has 0 saturated carbocycles. The molecular weight excluding hydrogens is 300 g/mol. The number of nitrogen functional groups attached to an aromatic ring is 1. The molecule has 1 amide bonds.